The lowest BCUT2D eigenvalue weighted by Crippen LogP contribution is -2.16. The van der Waals surface area contributed by atoms with Gasteiger partial charge in [0, 0.05) is 24.0 Å². The Kier molecular flexibility index (Phi) is 4.44. The Morgan fingerprint density at radius 3 is 2.82 bits per heavy atom. The fourth-order valence-corrected chi connectivity index (χ4v) is 3.93. The highest BCUT2D eigenvalue weighted by Gasteiger charge is 2.19. The molecular formula is C20H22N8. The van der Waals surface area contributed by atoms with Crippen molar-refractivity contribution >= 4 is 0 Å². The third kappa shape index (κ3) is 3.33. The molecule has 28 heavy (non-hydrogen) atoms. The van der Waals surface area contributed by atoms with Crippen molar-refractivity contribution in [1.29, 1.82) is 0 Å². The normalized spacial score (nSPS) is 15.1. The van der Waals surface area contributed by atoms with Gasteiger partial charge in [-0.05, 0) is 31.0 Å². The van der Waals surface area contributed by atoms with Crippen LogP contribution in [0, 0.1) is 0 Å². The second-order valence-electron chi connectivity index (χ2n) is 7.25. The molecule has 1 fully saturated rings. The summed E-state index contributed by atoms with van der Waals surface area (Å²) in [5.41, 5.74) is 2.83. The van der Waals surface area contributed by atoms with Crippen LogP contribution in [0.4, 0.5) is 0 Å². The van der Waals surface area contributed by atoms with Crippen LogP contribution in [0.1, 0.15) is 44.0 Å². The molecule has 142 valence electrons. The van der Waals surface area contributed by atoms with E-state index in [1.165, 1.54) is 32.1 Å². The lowest BCUT2D eigenvalue weighted by Gasteiger charge is -2.23. The predicted molar refractivity (Wildman–Crippen MR) is 104 cm³/mol. The first-order valence-corrected chi connectivity index (χ1v) is 9.76. The van der Waals surface area contributed by atoms with E-state index in [1.807, 2.05) is 52.4 Å². The quantitative estimate of drug-likeness (QED) is 0.536. The Labute approximate surface area is 162 Å². The number of rotatable bonds is 5. The van der Waals surface area contributed by atoms with Gasteiger partial charge in [0.2, 0.25) is 0 Å². The summed E-state index contributed by atoms with van der Waals surface area (Å²) in [4.78, 5) is 0. The lowest BCUT2D eigenvalue weighted by atomic mass is 9.95. The van der Waals surface area contributed by atoms with Crippen molar-refractivity contribution in [3.05, 3.63) is 61.1 Å². The Morgan fingerprint density at radius 2 is 1.96 bits per heavy atom. The molecule has 8 nitrogen and oxygen atoms in total. The van der Waals surface area contributed by atoms with Crippen molar-refractivity contribution in [2.75, 3.05) is 0 Å². The summed E-state index contributed by atoms with van der Waals surface area (Å²) >= 11 is 0. The monoisotopic (exact) mass is 374 g/mol. The minimum Gasteiger partial charge on any atom is -0.313 e. The molecule has 0 unspecified atom stereocenters. The third-order valence-electron chi connectivity index (χ3n) is 5.37. The van der Waals surface area contributed by atoms with Crippen LogP contribution in [0.2, 0.25) is 0 Å². The van der Waals surface area contributed by atoms with Gasteiger partial charge < -0.3 is 4.57 Å². The summed E-state index contributed by atoms with van der Waals surface area (Å²) < 4.78 is 5.89. The summed E-state index contributed by atoms with van der Waals surface area (Å²) in [5.74, 6) is 0.939. The molecule has 5 rings (SSSR count). The minimum absolute atomic E-state index is 0.507. The van der Waals surface area contributed by atoms with E-state index in [-0.39, 0.29) is 0 Å². The molecule has 1 aliphatic carbocycles. The molecule has 0 N–H and O–H groups in total. The first kappa shape index (κ1) is 16.9. The zero-order chi connectivity index (χ0) is 18.8. The van der Waals surface area contributed by atoms with E-state index in [9.17, 15) is 0 Å². The SMILES string of the molecule is c1cc(-c2cn(Cc3nncn3C3CCCCC3)nn2)cc(-n2cccn2)c1. The molecule has 1 aliphatic rings. The van der Waals surface area contributed by atoms with Gasteiger partial charge in [-0.1, -0.05) is 36.6 Å². The Hall–Kier alpha value is -3.29. The maximum Gasteiger partial charge on any atom is 0.154 e. The standard InChI is InChI=1S/C20H22N8/c1-2-7-17(8-3-1)27-15-21-24-20(27)14-26-13-19(23-25-26)16-6-4-9-18(12-16)28-11-5-10-22-28/h4-6,9-13,15,17H,1-3,7-8,14H2. The topological polar surface area (TPSA) is 79.2 Å². The molecule has 0 atom stereocenters. The maximum absolute atomic E-state index is 4.36. The number of aromatic nitrogens is 8. The molecule has 1 saturated carbocycles. The van der Waals surface area contributed by atoms with Crippen molar-refractivity contribution in [3.63, 3.8) is 0 Å². The van der Waals surface area contributed by atoms with Crippen LogP contribution in [0.3, 0.4) is 0 Å². The van der Waals surface area contributed by atoms with Gasteiger partial charge in [0.25, 0.3) is 0 Å². The fraction of sp³-hybridized carbons (Fsp3) is 0.350. The minimum atomic E-state index is 0.507. The second-order valence-corrected chi connectivity index (χ2v) is 7.25. The van der Waals surface area contributed by atoms with Gasteiger partial charge in [0.1, 0.15) is 18.6 Å². The van der Waals surface area contributed by atoms with Gasteiger partial charge >= 0.3 is 0 Å². The van der Waals surface area contributed by atoms with Gasteiger partial charge in [-0.15, -0.1) is 15.3 Å². The number of hydrogen-bond acceptors (Lipinski definition) is 5. The average Bonchev–Trinajstić information content (AvgIpc) is 3.51. The van der Waals surface area contributed by atoms with Gasteiger partial charge in [-0.3, -0.25) is 0 Å². The molecular weight excluding hydrogens is 352 g/mol. The van der Waals surface area contributed by atoms with Crippen LogP contribution in [-0.4, -0.2) is 39.5 Å². The summed E-state index contributed by atoms with van der Waals surface area (Å²) in [6.45, 7) is 0.572. The summed E-state index contributed by atoms with van der Waals surface area (Å²) in [5, 5.41) is 21.4. The highest BCUT2D eigenvalue weighted by atomic mass is 15.4. The van der Waals surface area contributed by atoms with Crippen molar-refractivity contribution in [3.8, 4) is 16.9 Å². The summed E-state index contributed by atoms with van der Waals surface area (Å²) in [7, 11) is 0. The fourth-order valence-electron chi connectivity index (χ4n) is 3.93. The number of nitrogens with zero attached hydrogens (tertiary/aromatic N) is 8. The van der Waals surface area contributed by atoms with Crippen molar-refractivity contribution in [1.82, 2.24) is 39.5 Å². The van der Waals surface area contributed by atoms with E-state index >= 15 is 0 Å². The molecule has 3 aromatic heterocycles. The average molecular weight is 374 g/mol. The molecule has 8 heteroatoms. The van der Waals surface area contributed by atoms with Crippen LogP contribution in [-0.2, 0) is 6.54 Å². The number of benzene rings is 1. The van der Waals surface area contributed by atoms with Gasteiger partial charge in [-0.25, -0.2) is 9.36 Å². The van der Waals surface area contributed by atoms with Crippen LogP contribution < -0.4 is 0 Å². The largest absolute Gasteiger partial charge is 0.313 e. The lowest BCUT2D eigenvalue weighted by molar-refractivity contribution is 0.342. The van der Waals surface area contributed by atoms with E-state index in [1.54, 1.807) is 6.20 Å². The maximum atomic E-state index is 4.36. The van der Waals surface area contributed by atoms with Gasteiger partial charge in [0.15, 0.2) is 5.82 Å². The third-order valence-corrected chi connectivity index (χ3v) is 5.37. The Morgan fingerprint density at radius 1 is 1.04 bits per heavy atom. The first-order chi connectivity index (χ1) is 13.9. The van der Waals surface area contributed by atoms with E-state index < -0.39 is 0 Å². The van der Waals surface area contributed by atoms with Crippen LogP contribution in [0.5, 0.6) is 0 Å². The Bertz CT molecular complexity index is 1040. The van der Waals surface area contributed by atoms with Gasteiger partial charge in [-0.2, -0.15) is 5.10 Å². The molecule has 0 amide bonds. The smallest absolute Gasteiger partial charge is 0.154 e. The number of hydrogen-bond donors (Lipinski definition) is 0. The van der Waals surface area contributed by atoms with Crippen molar-refractivity contribution in [2.24, 2.45) is 0 Å². The summed E-state index contributed by atoms with van der Waals surface area (Å²) in [6.07, 6.45) is 13.8. The van der Waals surface area contributed by atoms with Crippen molar-refractivity contribution < 1.29 is 0 Å². The van der Waals surface area contributed by atoms with Crippen LogP contribution >= 0.6 is 0 Å². The first-order valence-electron chi connectivity index (χ1n) is 9.76. The van der Waals surface area contributed by atoms with Crippen molar-refractivity contribution in [2.45, 2.75) is 44.7 Å². The van der Waals surface area contributed by atoms with Crippen LogP contribution in [0.15, 0.2) is 55.2 Å². The molecule has 4 aromatic rings. The Balaban J connectivity index is 1.36. The highest BCUT2D eigenvalue weighted by Crippen LogP contribution is 2.28. The molecule has 0 aliphatic heterocycles. The zero-order valence-corrected chi connectivity index (χ0v) is 15.6. The van der Waals surface area contributed by atoms with E-state index in [2.05, 4.69) is 36.2 Å². The molecule has 0 bridgehead atoms. The molecule has 0 radical (unpaired) electrons. The highest BCUT2D eigenvalue weighted by molar-refractivity contribution is 5.61. The van der Waals surface area contributed by atoms with E-state index in [4.69, 9.17) is 0 Å². The molecule has 0 saturated heterocycles. The van der Waals surface area contributed by atoms with Crippen LogP contribution in [0.25, 0.3) is 16.9 Å². The second kappa shape index (κ2) is 7.38. The zero-order valence-electron chi connectivity index (χ0n) is 15.6. The molecule has 0 spiro atoms. The van der Waals surface area contributed by atoms with Gasteiger partial charge in [0.05, 0.1) is 11.9 Å². The summed E-state index contributed by atoms with van der Waals surface area (Å²) in [6, 6.07) is 10.5. The van der Waals surface area contributed by atoms with E-state index in [0.717, 1.165) is 22.8 Å². The molecule has 3 heterocycles. The predicted octanol–water partition coefficient (Wildman–Crippen LogP) is 3.28. The van der Waals surface area contributed by atoms with E-state index in [0.29, 0.717) is 12.6 Å². The molecule has 1 aromatic carbocycles.